The Labute approximate surface area is 209 Å². The van der Waals surface area contributed by atoms with Crippen LogP contribution in [0.15, 0.2) is 42.6 Å². The lowest BCUT2D eigenvalue weighted by Gasteiger charge is -2.31. The number of hydrogen-bond donors (Lipinski definition) is 1. The van der Waals surface area contributed by atoms with Gasteiger partial charge in [0, 0.05) is 30.7 Å². The summed E-state index contributed by atoms with van der Waals surface area (Å²) in [7, 11) is 0. The van der Waals surface area contributed by atoms with Gasteiger partial charge in [-0.2, -0.15) is 5.10 Å². The van der Waals surface area contributed by atoms with Gasteiger partial charge >= 0.3 is 12.1 Å². The summed E-state index contributed by atoms with van der Waals surface area (Å²) in [5.41, 5.74) is 2.37. The van der Waals surface area contributed by atoms with Gasteiger partial charge in [0.15, 0.2) is 12.3 Å². The third-order valence-electron chi connectivity index (χ3n) is 6.07. The topological polar surface area (TPSA) is 116 Å². The number of carbonyl (C=O) groups excluding carboxylic acids is 3. The molecule has 0 aliphatic carbocycles. The number of nitrogens with one attached hydrogen (secondary N) is 1. The van der Waals surface area contributed by atoms with Crippen LogP contribution in [0.3, 0.4) is 0 Å². The maximum atomic E-state index is 13.1. The van der Waals surface area contributed by atoms with Crippen LogP contribution in [-0.2, 0) is 14.3 Å². The molecule has 2 aromatic heterocycles. The molecule has 190 valence electrons. The van der Waals surface area contributed by atoms with Gasteiger partial charge in [0.25, 0.3) is 5.91 Å². The van der Waals surface area contributed by atoms with Crippen molar-refractivity contribution >= 4 is 29.0 Å². The number of aromatic nitrogens is 3. The fourth-order valence-electron chi connectivity index (χ4n) is 4.22. The Balaban J connectivity index is 1.43. The summed E-state index contributed by atoms with van der Waals surface area (Å²) in [6, 6.07) is 11.2. The number of hydrogen-bond acceptors (Lipinski definition) is 7. The number of likely N-dealkylation sites (tertiary alicyclic amines) is 1. The Morgan fingerprint density at radius 3 is 2.50 bits per heavy atom. The number of ether oxygens (including phenoxy) is 2. The number of amides is 2. The lowest BCUT2D eigenvalue weighted by molar-refractivity contribution is -0.125. The molecular weight excluding hydrogens is 462 g/mol. The van der Waals surface area contributed by atoms with Crippen LogP contribution in [0.25, 0.3) is 22.3 Å². The number of pyridine rings is 1. The van der Waals surface area contributed by atoms with E-state index in [1.165, 1.54) is 0 Å². The first-order valence-electron chi connectivity index (χ1n) is 12.2. The summed E-state index contributed by atoms with van der Waals surface area (Å²) in [4.78, 5) is 43.8. The molecule has 1 fully saturated rings. The van der Waals surface area contributed by atoms with Gasteiger partial charge in [-0.3, -0.25) is 4.79 Å². The fraction of sp³-hybridized carbons (Fsp3) is 0.423. The maximum absolute atomic E-state index is 13.1. The van der Waals surface area contributed by atoms with Gasteiger partial charge in [0.1, 0.15) is 0 Å². The van der Waals surface area contributed by atoms with Crippen LogP contribution in [0, 0.1) is 0 Å². The Morgan fingerprint density at radius 2 is 1.83 bits per heavy atom. The lowest BCUT2D eigenvalue weighted by atomic mass is 10.1. The van der Waals surface area contributed by atoms with Crippen molar-refractivity contribution in [1.29, 1.82) is 0 Å². The minimum absolute atomic E-state index is 0.0471. The standard InChI is InChI=1S/C26H31N5O5/c1-4-35-26(34)30-12-10-19(11-13-30)28-23(32)16-36-25(33)20-14-22(18-8-6-5-7-9-18)29-24-21(20)15-27-31(24)17(2)3/h5-9,14-15,17,19H,4,10-13,16H2,1-3H3,(H,28,32). The summed E-state index contributed by atoms with van der Waals surface area (Å²) < 4.78 is 12.2. The molecular formula is C26H31N5O5. The van der Waals surface area contributed by atoms with E-state index in [-0.39, 0.29) is 24.1 Å². The number of fused-ring (bicyclic) bond motifs is 1. The first kappa shape index (κ1) is 25.2. The minimum Gasteiger partial charge on any atom is -0.452 e. The second-order valence-electron chi connectivity index (χ2n) is 8.95. The average Bonchev–Trinajstić information content (AvgIpc) is 3.32. The second kappa shape index (κ2) is 11.2. The van der Waals surface area contributed by atoms with Crippen molar-refractivity contribution in [2.75, 3.05) is 26.3 Å². The Morgan fingerprint density at radius 1 is 1.11 bits per heavy atom. The zero-order valence-electron chi connectivity index (χ0n) is 20.8. The third-order valence-corrected chi connectivity index (χ3v) is 6.07. The number of benzene rings is 1. The lowest BCUT2D eigenvalue weighted by Crippen LogP contribution is -2.47. The summed E-state index contributed by atoms with van der Waals surface area (Å²) in [6.45, 7) is 6.67. The van der Waals surface area contributed by atoms with Gasteiger partial charge in [-0.15, -0.1) is 0 Å². The molecule has 1 N–H and O–H groups in total. The molecule has 3 heterocycles. The summed E-state index contributed by atoms with van der Waals surface area (Å²) in [6.07, 6.45) is 2.48. The average molecular weight is 494 g/mol. The quantitative estimate of drug-likeness (QED) is 0.500. The van der Waals surface area contributed by atoms with Crippen LogP contribution in [-0.4, -0.2) is 70.0 Å². The van der Waals surface area contributed by atoms with E-state index in [0.717, 1.165) is 5.56 Å². The van der Waals surface area contributed by atoms with Crippen molar-refractivity contribution in [3.63, 3.8) is 0 Å². The van der Waals surface area contributed by atoms with E-state index in [9.17, 15) is 14.4 Å². The van der Waals surface area contributed by atoms with Gasteiger partial charge in [-0.25, -0.2) is 19.3 Å². The number of rotatable bonds is 7. The Hall–Kier alpha value is -3.95. The smallest absolute Gasteiger partial charge is 0.409 e. The summed E-state index contributed by atoms with van der Waals surface area (Å²) >= 11 is 0. The van der Waals surface area contributed by atoms with Gasteiger partial charge in [-0.1, -0.05) is 30.3 Å². The van der Waals surface area contributed by atoms with E-state index in [1.54, 1.807) is 28.8 Å². The normalized spacial score (nSPS) is 14.2. The van der Waals surface area contributed by atoms with Gasteiger partial charge in [0.05, 0.1) is 29.4 Å². The predicted molar refractivity (Wildman–Crippen MR) is 133 cm³/mol. The summed E-state index contributed by atoms with van der Waals surface area (Å²) in [5.74, 6) is -1.00. The minimum atomic E-state index is -0.616. The number of esters is 1. The molecule has 10 nitrogen and oxygen atoms in total. The molecule has 10 heteroatoms. The van der Waals surface area contributed by atoms with Crippen LogP contribution in [0.5, 0.6) is 0 Å². The highest BCUT2D eigenvalue weighted by Gasteiger charge is 2.25. The van der Waals surface area contributed by atoms with E-state index in [1.807, 2.05) is 44.2 Å². The Bertz CT molecular complexity index is 1230. The SMILES string of the molecule is CCOC(=O)N1CCC(NC(=O)COC(=O)c2cc(-c3ccccc3)nc3c2cnn3C(C)C)CC1. The zero-order valence-corrected chi connectivity index (χ0v) is 20.8. The largest absolute Gasteiger partial charge is 0.452 e. The fourth-order valence-corrected chi connectivity index (χ4v) is 4.22. The first-order valence-corrected chi connectivity index (χ1v) is 12.2. The highest BCUT2D eigenvalue weighted by molar-refractivity contribution is 6.04. The molecule has 2 amide bonds. The van der Waals surface area contributed by atoms with Crippen LogP contribution in [0.4, 0.5) is 4.79 Å². The monoisotopic (exact) mass is 493 g/mol. The molecule has 0 bridgehead atoms. The molecule has 36 heavy (non-hydrogen) atoms. The number of carbonyl (C=O) groups is 3. The number of nitrogens with zero attached hydrogens (tertiary/aromatic N) is 4. The van der Waals surface area contributed by atoms with Crippen LogP contribution in [0.2, 0.25) is 0 Å². The molecule has 4 rings (SSSR count). The third kappa shape index (κ3) is 5.64. The second-order valence-corrected chi connectivity index (χ2v) is 8.95. The van der Waals surface area contributed by atoms with Crippen molar-refractivity contribution in [2.24, 2.45) is 0 Å². The molecule has 0 saturated carbocycles. The molecule has 0 spiro atoms. The molecule has 1 aliphatic rings. The van der Waals surface area contributed by atoms with E-state index in [0.29, 0.717) is 54.8 Å². The maximum Gasteiger partial charge on any atom is 0.409 e. The molecule has 1 aliphatic heterocycles. The first-order chi connectivity index (χ1) is 17.4. The van der Waals surface area contributed by atoms with E-state index >= 15 is 0 Å². The van der Waals surface area contributed by atoms with Crippen molar-refractivity contribution in [2.45, 2.75) is 45.7 Å². The van der Waals surface area contributed by atoms with Crippen molar-refractivity contribution in [3.8, 4) is 11.3 Å². The Kier molecular flexibility index (Phi) is 7.82. The molecule has 1 aromatic carbocycles. The van der Waals surface area contributed by atoms with Gasteiger partial charge in [0.2, 0.25) is 0 Å². The van der Waals surface area contributed by atoms with E-state index in [4.69, 9.17) is 14.5 Å². The highest BCUT2D eigenvalue weighted by Crippen LogP contribution is 2.27. The molecule has 1 saturated heterocycles. The predicted octanol–water partition coefficient (Wildman–Crippen LogP) is 3.57. The van der Waals surface area contributed by atoms with Crippen molar-refractivity contribution in [3.05, 3.63) is 48.2 Å². The summed E-state index contributed by atoms with van der Waals surface area (Å²) in [5, 5.41) is 7.86. The van der Waals surface area contributed by atoms with Crippen molar-refractivity contribution in [1.82, 2.24) is 25.0 Å². The van der Waals surface area contributed by atoms with E-state index in [2.05, 4.69) is 10.4 Å². The molecule has 0 radical (unpaired) electrons. The van der Waals surface area contributed by atoms with Crippen molar-refractivity contribution < 1.29 is 23.9 Å². The molecule has 0 atom stereocenters. The van der Waals surface area contributed by atoms with Crippen LogP contribution in [0.1, 0.15) is 50.0 Å². The highest BCUT2D eigenvalue weighted by atomic mass is 16.6. The number of piperidine rings is 1. The van der Waals surface area contributed by atoms with Crippen LogP contribution < -0.4 is 5.32 Å². The van der Waals surface area contributed by atoms with E-state index < -0.39 is 12.6 Å². The van der Waals surface area contributed by atoms with Gasteiger partial charge in [-0.05, 0) is 39.7 Å². The molecule has 3 aromatic rings. The zero-order chi connectivity index (χ0) is 25.7. The van der Waals surface area contributed by atoms with Crippen LogP contribution >= 0.6 is 0 Å². The molecule has 0 unspecified atom stereocenters. The van der Waals surface area contributed by atoms with Gasteiger partial charge < -0.3 is 19.7 Å².